The fourth-order valence-corrected chi connectivity index (χ4v) is 6.09. The average molecular weight is 412 g/mol. The van der Waals surface area contributed by atoms with Crippen LogP contribution in [0.5, 0.6) is 0 Å². The molecule has 8 heteroatoms. The first-order chi connectivity index (χ1) is 12.4. The molecule has 0 saturated heterocycles. The predicted molar refractivity (Wildman–Crippen MR) is 108 cm³/mol. The van der Waals surface area contributed by atoms with E-state index >= 15 is 0 Å². The lowest BCUT2D eigenvalue weighted by molar-refractivity contribution is 0.200. The zero-order chi connectivity index (χ0) is 19.9. The molecule has 1 unspecified atom stereocenters. The third-order valence-electron chi connectivity index (χ3n) is 3.90. The van der Waals surface area contributed by atoms with Gasteiger partial charge in [0.05, 0.1) is 19.8 Å². The van der Waals surface area contributed by atoms with Crippen molar-refractivity contribution < 1.29 is 27.2 Å². The van der Waals surface area contributed by atoms with Gasteiger partial charge in [-0.3, -0.25) is 9.13 Å². The van der Waals surface area contributed by atoms with Crippen LogP contribution in [0, 0.1) is 0 Å². The van der Waals surface area contributed by atoms with Gasteiger partial charge in [-0.2, -0.15) is 0 Å². The standard InChI is InChI=1S/C18H38O6P2/c1-6-9-12-15-22-25(19,21-5)18(4)26(20,23-16-13-10-7-2)24-17-14-11-8-3/h4,6-17H2,1-3,5H3. The summed E-state index contributed by atoms with van der Waals surface area (Å²) < 4.78 is 47.9. The van der Waals surface area contributed by atoms with E-state index in [1.807, 2.05) is 0 Å². The third kappa shape index (κ3) is 9.82. The summed E-state index contributed by atoms with van der Waals surface area (Å²) in [6.07, 6.45) is 8.16. The number of unbranched alkanes of at least 4 members (excludes halogenated alkanes) is 6. The third-order valence-corrected chi connectivity index (χ3v) is 8.68. The highest BCUT2D eigenvalue weighted by Crippen LogP contribution is 2.73. The zero-order valence-electron chi connectivity index (χ0n) is 17.0. The Bertz CT molecular complexity index is 451. The maximum absolute atomic E-state index is 13.3. The number of rotatable bonds is 18. The Labute approximate surface area is 160 Å². The van der Waals surface area contributed by atoms with Crippen LogP contribution in [0.15, 0.2) is 11.6 Å². The van der Waals surface area contributed by atoms with Crippen LogP contribution in [0.4, 0.5) is 0 Å². The molecule has 0 aromatic carbocycles. The highest BCUT2D eigenvalue weighted by molar-refractivity contribution is 7.78. The molecule has 0 aliphatic heterocycles. The molecule has 0 aliphatic carbocycles. The van der Waals surface area contributed by atoms with Gasteiger partial charge in [0.1, 0.15) is 5.06 Å². The maximum atomic E-state index is 13.3. The lowest BCUT2D eigenvalue weighted by Crippen LogP contribution is -2.05. The molecule has 0 rings (SSSR count). The zero-order valence-corrected chi connectivity index (χ0v) is 18.8. The van der Waals surface area contributed by atoms with Crippen LogP contribution in [0.1, 0.15) is 78.6 Å². The highest BCUT2D eigenvalue weighted by atomic mass is 31.2. The van der Waals surface area contributed by atoms with Gasteiger partial charge in [0.25, 0.3) is 0 Å². The molecule has 26 heavy (non-hydrogen) atoms. The van der Waals surface area contributed by atoms with E-state index in [0.29, 0.717) is 0 Å². The normalized spacial score (nSPS) is 14.3. The van der Waals surface area contributed by atoms with Gasteiger partial charge in [-0.15, -0.1) is 0 Å². The largest absolute Gasteiger partial charge is 0.368 e. The fraction of sp³-hybridized carbons (Fsp3) is 0.889. The Morgan fingerprint density at radius 1 is 0.692 bits per heavy atom. The smallest absolute Gasteiger partial charge is 0.308 e. The summed E-state index contributed by atoms with van der Waals surface area (Å²) in [7, 11) is -6.30. The molecule has 6 nitrogen and oxygen atoms in total. The van der Waals surface area contributed by atoms with E-state index in [2.05, 4.69) is 27.4 Å². The van der Waals surface area contributed by atoms with Crippen molar-refractivity contribution in [3.8, 4) is 0 Å². The van der Waals surface area contributed by atoms with Crippen molar-refractivity contribution in [2.75, 3.05) is 26.9 Å². The number of hydrogen-bond donors (Lipinski definition) is 0. The Hall–Kier alpha value is 0.0400. The summed E-state index contributed by atoms with van der Waals surface area (Å²) >= 11 is 0. The Morgan fingerprint density at radius 2 is 1.04 bits per heavy atom. The first kappa shape index (κ1) is 26.0. The van der Waals surface area contributed by atoms with E-state index in [0.717, 1.165) is 57.8 Å². The molecule has 156 valence electrons. The van der Waals surface area contributed by atoms with Gasteiger partial charge in [-0.05, 0) is 19.3 Å². The quantitative estimate of drug-likeness (QED) is 0.176. The maximum Gasteiger partial charge on any atom is 0.368 e. The predicted octanol–water partition coefficient (Wildman–Crippen LogP) is 7.11. The summed E-state index contributed by atoms with van der Waals surface area (Å²) in [5, 5.41) is -0.197. The highest BCUT2D eigenvalue weighted by Gasteiger charge is 2.43. The average Bonchev–Trinajstić information content (AvgIpc) is 2.65. The SMILES string of the molecule is C=C(P(=O)(OC)OCCCCC)P(=O)(OCCCCC)OCCCCC. The molecule has 0 N–H and O–H groups in total. The second-order valence-electron chi connectivity index (χ2n) is 6.21. The molecule has 0 radical (unpaired) electrons. The Morgan fingerprint density at radius 3 is 1.35 bits per heavy atom. The Kier molecular flexibility index (Phi) is 15.0. The minimum atomic E-state index is -3.79. The summed E-state index contributed by atoms with van der Waals surface area (Å²) in [5.41, 5.74) is 0. The Balaban J connectivity index is 5.04. The van der Waals surface area contributed by atoms with E-state index < -0.39 is 15.2 Å². The van der Waals surface area contributed by atoms with Crippen molar-refractivity contribution in [2.45, 2.75) is 78.6 Å². The summed E-state index contributed by atoms with van der Waals surface area (Å²) in [4.78, 5) is 0. The lowest BCUT2D eigenvalue weighted by Gasteiger charge is -2.25. The van der Waals surface area contributed by atoms with Crippen LogP contribution in [-0.2, 0) is 27.2 Å². The molecule has 0 bridgehead atoms. The summed E-state index contributed by atoms with van der Waals surface area (Å²) in [5.74, 6) is 0. The molecule has 0 aromatic heterocycles. The molecule has 0 aromatic rings. The summed E-state index contributed by atoms with van der Waals surface area (Å²) in [6, 6.07) is 0. The lowest BCUT2D eigenvalue weighted by atomic mass is 10.3. The molecular weight excluding hydrogens is 374 g/mol. The van der Waals surface area contributed by atoms with Crippen molar-refractivity contribution in [2.24, 2.45) is 0 Å². The van der Waals surface area contributed by atoms with Gasteiger partial charge in [-0.1, -0.05) is 65.9 Å². The van der Waals surface area contributed by atoms with Crippen LogP contribution < -0.4 is 0 Å². The van der Waals surface area contributed by atoms with Gasteiger partial charge in [-0.25, -0.2) is 0 Å². The number of hydrogen-bond acceptors (Lipinski definition) is 6. The van der Waals surface area contributed by atoms with Gasteiger partial charge in [0, 0.05) is 7.11 Å². The van der Waals surface area contributed by atoms with Gasteiger partial charge in [0.15, 0.2) is 0 Å². The molecule has 0 heterocycles. The molecule has 0 amide bonds. The second kappa shape index (κ2) is 15.0. The van der Waals surface area contributed by atoms with Gasteiger partial charge >= 0.3 is 15.2 Å². The van der Waals surface area contributed by atoms with Crippen LogP contribution >= 0.6 is 15.2 Å². The monoisotopic (exact) mass is 412 g/mol. The fourth-order valence-electron chi connectivity index (χ4n) is 2.18. The topological polar surface area (TPSA) is 71.1 Å². The molecular formula is C18H38O6P2. The minimum absolute atomic E-state index is 0.197. The molecule has 0 fully saturated rings. The minimum Gasteiger partial charge on any atom is -0.308 e. The van der Waals surface area contributed by atoms with E-state index in [4.69, 9.17) is 18.1 Å². The van der Waals surface area contributed by atoms with Crippen LogP contribution in [0.2, 0.25) is 0 Å². The van der Waals surface area contributed by atoms with E-state index in [9.17, 15) is 9.13 Å². The van der Waals surface area contributed by atoms with E-state index in [-0.39, 0.29) is 24.9 Å². The first-order valence-corrected chi connectivity index (χ1v) is 12.9. The van der Waals surface area contributed by atoms with Crippen LogP contribution in [-0.4, -0.2) is 26.9 Å². The van der Waals surface area contributed by atoms with Crippen molar-refractivity contribution in [3.05, 3.63) is 11.6 Å². The van der Waals surface area contributed by atoms with Crippen LogP contribution in [0.25, 0.3) is 0 Å². The molecule has 0 spiro atoms. The van der Waals surface area contributed by atoms with Crippen molar-refractivity contribution in [1.82, 2.24) is 0 Å². The van der Waals surface area contributed by atoms with Crippen molar-refractivity contribution in [1.29, 1.82) is 0 Å². The van der Waals surface area contributed by atoms with Gasteiger partial charge in [0.2, 0.25) is 0 Å². The molecule has 0 aliphatic rings. The van der Waals surface area contributed by atoms with Crippen molar-refractivity contribution >= 4 is 15.2 Å². The van der Waals surface area contributed by atoms with Gasteiger partial charge < -0.3 is 18.1 Å². The summed E-state index contributed by atoms with van der Waals surface area (Å²) in [6.45, 7) is 10.7. The first-order valence-electron chi connectivity index (χ1n) is 9.79. The van der Waals surface area contributed by atoms with E-state index in [1.54, 1.807) is 0 Å². The van der Waals surface area contributed by atoms with E-state index in [1.165, 1.54) is 7.11 Å². The van der Waals surface area contributed by atoms with Crippen molar-refractivity contribution in [3.63, 3.8) is 0 Å². The van der Waals surface area contributed by atoms with Crippen LogP contribution in [0.3, 0.4) is 0 Å². The molecule has 0 saturated carbocycles. The molecule has 1 atom stereocenters. The second-order valence-corrected chi connectivity index (χ2v) is 10.8.